The summed E-state index contributed by atoms with van der Waals surface area (Å²) in [5, 5.41) is 42.9. The summed E-state index contributed by atoms with van der Waals surface area (Å²) in [5.41, 5.74) is 16.1. The molecule has 16 heteroatoms. The predicted octanol–water partition coefficient (Wildman–Crippen LogP) is -5.25. The fourth-order valence-corrected chi connectivity index (χ4v) is 2.42. The number of nitrogens with two attached hydrogens (primary N) is 3. The lowest BCUT2D eigenvalue weighted by atomic mass is 10.1. The lowest BCUT2D eigenvalue weighted by Crippen LogP contribution is -2.60. The molecule has 0 bridgehead atoms. The minimum absolute atomic E-state index is 0.112. The Labute approximate surface area is 188 Å². The molecule has 0 rings (SSSR count). The molecule has 0 aliphatic rings. The number of guanidine groups is 1. The number of carbonyl (C=O) groups excluding carboxylic acids is 3. The van der Waals surface area contributed by atoms with Crippen LogP contribution < -0.4 is 33.2 Å². The normalized spacial score (nSPS) is 15.2. The third-order valence-corrected chi connectivity index (χ3v) is 4.18. The molecule has 13 N–H and O–H groups in total. The first-order valence-electron chi connectivity index (χ1n) is 9.75. The number of aliphatic hydroxyl groups excluding tert-OH is 2. The van der Waals surface area contributed by atoms with Crippen molar-refractivity contribution in [3.63, 3.8) is 0 Å². The highest BCUT2D eigenvalue weighted by Crippen LogP contribution is 2.02. The number of amides is 3. The number of carboxylic acids is 2. The molecule has 0 saturated carbocycles. The summed E-state index contributed by atoms with van der Waals surface area (Å²) in [5.74, 6) is -6.32. The molecule has 0 aliphatic carbocycles. The molecule has 0 aliphatic heterocycles. The van der Waals surface area contributed by atoms with Crippen LogP contribution >= 0.6 is 0 Å². The molecule has 0 aromatic carbocycles. The van der Waals surface area contributed by atoms with Gasteiger partial charge in [0, 0.05) is 6.54 Å². The van der Waals surface area contributed by atoms with Crippen molar-refractivity contribution in [3.05, 3.63) is 0 Å². The monoisotopic (exact) mass is 477 g/mol. The molecule has 0 aromatic heterocycles. The Kier molecular flexibility index (Phi) is 13.0. The fraction of sp³-hybridized carbons (Fsp3) is 0.647. The first-order valence-corrected chi connectivity index (χ1v) is 9.75. The third-order valence-electron chi connectivity index (χ3n) is 4.18. The molecule has 0 spiro atoms. The number of aliphatic carboxylic acids is 2. The van der Waals surface area contributed by atoms with Crippen LogP contribution in [0.2, 0.25) is 0 Å². The number of nitrogens with zero attached hydrogens (tertiary/aromatic N) is 1. The van der Waals surface area contributed by atoms with Crippen molar-refractivity contribution in [2.75, 3.05) is 13.2 Å². The van der Waals surface area contributed by atoms with Gasteiger partial charge in [0.2, 0.25) is 17.7 Å². The van der Waals surface area contributed by atoms with Crippen molar-refractivity contribution in [1.82, 2.24) is 16.0 Å². The van der Waals surface area contributed by atoms with Gasteiger partial charge >= 0.3 is 11.9 Å². The number of aliphatic imine (C=N–C) groups is 1. The van der Waals surface area contributed by atoms with E-state index in [-0.39, 0.29) is 18.9 Å². The zero-order valence-corrected chi connectivity index (χ0v) is 17.9. The molecule has 16 nitrogen and oxygen atoms in total. The lowest BCUT2D eigenvalue weighted by molar-refractivity contribution is -0.144. The van der Waals surface area contributed by atoms with Crippen LogP contribution in [0.4, 0.5) is 0 Å². The van der Waals surface area contributed by atoms with Crippen molar-refractivity contribution < 1.29 is 44.4 Å². The Balaban J connectivity index is 5.25. The summed E-state index contributed by atoms with van der Waals surface area (Å²) in [6.45, 7) is 0.343. The van der Waals surface area contributed by atoms with E-state index in [0.717, 1.165) is 6.92 Å². The van der Waals surface area contributed by atoms with Crippen LogP contribution in [-0.4, -0.2) is 99.5 Å². The molecule has 0 aromatic rings. The number of carbonyl (C=O) groups is 5. The summed E-state index contributed by atoms with van der Waals surface area (Å²) in [6.07, 6.45) is -1.98. The highest BCUT2D eigenvalue weighted by atomic mass is 16.4. The average molecular weight is 477 g/mol. The highest BCUT2D eigenvalue weighted by Gasteiger charge is 2.33. The fourth-order valence-electron chi connectivity index (χ4n) is 2.42. The van der Waals surface area contributed by atoms with E-state index in [0.29, 0.717) is 6.42 Å². The Morgan fingerprint density at radius 1 is 0.939 bits per heavy atom. The van der Waals surface area contributed by atoms with Crippen LogP contribution in [0, 0.1) is 0 Å². The van der Waals surface area contributed by atoms with Crippen molar-refractivity contribution in [3.8, 4) is 0 Å². The van der Waals surface area contributed by atoms with Crippen LogP contribution in [0.1, 0.15) is 26.2 Å². The minimum Gasteiger partial charge on any atom is -0.481 e. The first-order chi connectivity index (χ1) is 15.3. The zero-order chi connectivity index (χ0) is 25.7. The summed E-state index contributed by atoms with van der Waals surface area (Å²) in [7, 11) is 0. The molecule has 5 unspecified atom stereocenters. The van der Waals surface area contributed by atoms with Gasteiger partial charge in [-0.1, -0.05) is 0 Å². The third kappa shape index (κ3) is 11.6. The lowest BCUT2D eigenvalue weighted by Gasteiger charge is -2.25. The zero-order valence-electron chi connectivity index (χ0n) is 17.9. The molecule has 33 heavy (non-hydrogen) atoms. The number of aliphatic hydroxyl groups is 2. The van der Waals surface area contributed by atoms with E-state index in [1.807, 2.05) is 5.32 Å². The molecule has 188 valence electrons. The molecular formula is C17H31N7O9. The smallest absolute Gasteiger partial charge is 0.328 e. The molecule has 0 fully saturated rings. The van der Waals surface area contributed by atoms with Crippen molar-refractivity contribution in [2.24, 2.45) is 22.2 Å². The SMILES string of the molecule is CC(O)C(NC(=O)C(CC(=O)O)NC(=O)C(N)CCCN=C(N)N)C(=O)NC(CO)C(=O)O. The number of hydrogen-bond acceptors (Lipinski definition) is 9. The van der Waals surface area contributed by atoms with E-state index >= 15 is 0 Å². The van der Waals surface area contributed by atoms with Gasteiger partial charge in [-0.15, -0.1) is 0 Å². The molecule has 0 radical (unpaired) electrons. The molecular weight excluding hydrogens is 446 g/mol. The standard InChI is InChI=1S/C17H31N7O9/c1-7(26)12(15(31)23-10(6-25)16(32)33)24-14(30)9(5-11(27)28)22-13(29)8(18)3-2-4-21-17(19)20/h7-10,12,25-26H,2-6,18H2,1H3,(H,22,29)(H,23,31)(H,24,30)(H,27,28)(H,32,33)(H4,19,20,21). The van der Waals surface area contributed by atoms with Gasteiger partial charge in [-0.3, -0.25) is 24.2 Å². The molecule has 0 saturated heterocycles. The van der Waals surface area contributed by atoms with E-state index in [1.165, 1.54) is 0 Å². The minimum atomic E-state index is -1.72. The summed E-state index contributed by atoms with van der Waals surface area (Å²) in [6, 6.07) is -6.21. The Morgan fingerprint density at radius 2 is 1.52 bits per heavy atom. The maximum absolute atomic E-state index is 12.5. The summed E-state index contributed by atoms with van der Waals surface area (Å²) >= 11 is 0. The van der Waals surface area contributed by atoms with E-state index < -0.39 is 73.0 Å². The van der Waals surface area contributed by atoms with E-state index in [2.05, 4.69) is 15.6 Å². The molecule has 5 atom stereocenters. The summed E-state index contributed by atoms with van der Waals surface area (Å²) in [4.78, 5) is 62.9. The molecule has 3 amide bonds. The average Bonchev–Trinajstić information content (AvgIpc) is 2.71. The van der Waals surface area contributed by atoms with Crippen LogP contribution in [-0.2, 0) is 24.0 Å². The second kappa shape index (κ2) is 14.5. The van der Waals surface area contributed by atoms with Gasteiger partial charge in [0.1, 0.15) is 18.1 Å². The Morgan fingerprint density at radius 3 is 1.97 bits per heavy atom. The maximum Gasteiger partial charge on any atom is 0.328 e. The van der Waals surface area contributed by atoms with Gasteiger partial charge in [-0.05, 0) is 19.8 Å². The maximum atomic E-state index is 12.5. The van der Waals surface area contributed by atoms with Gasteiger partial charge in [0.15, 0.2) is 5.96 Å². The van der Waals surface area contributed by atoms with Gasteiger partial charge in [0.05, 0.1) is 25.2 Å². The van der Waals surface area contributed by atoms with Gasteiger partial charge in [0.25, 0.3) is 0 Å². The van der Waals surface area contributed by atoms with Gasteiger partial charge in [-0.25, -0.2) is 4.79 Å². The Bertz CT molecular complexity index is 740. The number of rotatable bonds is 15. The van der Waals surface area contributed by atoms with Crippen LogP contribution in [0.5, 0.6) is 0 Å². The van der Waals surface area contributed by atoms with Gasteiger partial charge in [-0.2, -0.15) is 0 Å². The topological polar surface area (TPSA) is 293 Å². The number of nitrogens with one attached hydrogen (secondary N) is 3. The van der Waals surface area contributed by atoms with E-state index in [4.69, 9.17) is 32.5 Å². The second-order valence-corrected chi connectivity index (χ2v) is 7.02. The van der Waals surface area contributed by atoms with Gasteiger partial charge < -0.3 is 53.6 Å². The predicted molar refractivity (Wildman–Crippen MR) is 112 cm³/mol. The molecule has 0 heterocycles. The number of hydrogen-bond donors (Lipinski definition) is 10. The Hall–Kier alpha value is -3.50. The van der Waals surface area contributed by atoms with E-state index in [9.17, 15) is 29.1 Å². The largest absolute Gasteiger partial charge is 0.481 e. The second-order valence-electron chi connectivity index (χ2n) is 7.02. The van der Waals surface area contributed by atoms with Crippen LogP contribution in [0.25, 0.3) is 0 Å². The van der Waals surface area contributed by atoms with Crippen LogP contribution in [0.15, 0.2) is 4.99 Å². The highest BCUT2D eigenvalue weighted by molar-refractivity contribution is 5.95. The van der Waals surface area contributed by atoms with E-state index in [1.54, 1.807) is 0 Å². The van der Waals surface area contributed by atoms with Crippen molar-refractivity contribution >= 4 is 35.6 Å². The van der Waals surface area contributed by atoms with Crippen molar-refractivity contribution in [1.29, 1.82) is 0 Å². The van der Waals surface area contributed by atoms with Crippen molar-refractivity contribution in [2.45, 2.75) is 56.5 Å². The first kappa shape index (κ1) is 29.5. The van der Waals surface area contributed by atoms with Crippen LogP contribution in [0.3, 0.4) is 0 Å². The number of carboxylic acid groups (broad SMARTS) is 2. The summed E-state index contributed by atoms with van der Waals surface area (Å²) < 4.78 is 0. The quantitative estimate of drug-likeness (QED) is 0.0601.